The second kappa shape index (κ2) is 4.45. The molecule has 2 heterocycles. The highest BCUT2D eigenvalue weighted by atomic mass is 15.1. The van der Waals surface area contributed by atoms with E-state index in [2.05, 4.69) is 29.0 Å². The Hall–Kier alpha value is -1.35. The molecule has 80 valence electrons. The molecule has 0 amide bonds. The van der Waals surface area contributed by atoms with Gasteiger partial charge >= 0.3 is 0 Å². The van der Waals surface area contributed by atoms with Gasteiger partial charge in [-0.15, -0.1) is 0 Å². The van der Waals surface area contributed by atoms with E-state index in [1.54, 1.807) is 0 Å². The maximum Gasteiger partial charge on any atom is 0.0445 e. The van der Waals surface area contributed by atoms with Gasteiger partial charge in [0, 0.05) is 43.3 Å². The summed E-state index contributed by atoms with van der Waals surface area (Å²) >= 11 is 0. The summed E-state index contributed by atoms with van der Waals surface area (Å²) in [4.78, 5) is 6.46. The van der Waals surface area contributed by atoms with Crippen LogP contribution in [0.4, 0.5) is 5.69 Å². The van der Waals surface area contributed by atoms with E-state index in [1.165, 1.54) is 11.3 Å². The van der Waals surface area contributed by atoms with Gasteiger partial charge in [-0.2, -0.15) is 0 Å². The lowest BCUT2D eigenvalue weighted by Crippen LogP contribution is -2.29. The van der Waals surface area contributed by atoms with E-state index in [4.69, 9.17) is 5.73 Å². The van der Waals surface area contributed by atoms with Crippen LogP contribution in [-0.2, 0) is 6.54 Å². The average Bonchev–Trinajstić information content (AvgIpc) is 2.30. The fraction of sp³-hybridized carbons (Fsp3) is 0.417. The summed E-state index contributed by atoms with van der Waals surface area (Å²) in [6, 6.07) is 2.05. The summed E-state index contributed by atoms with van der Waals surface area (Å²) in [5.41, 5.74) is 9.55. The van der Waals surface area contributed by atoms with Crippen LogP contribution in [0.15, 0.2) is 30.1 Å². The van der Waals surface area contributed by atoms with E-state index in [1.807, 2.05) is 12.4 Å². The molecule has 0 fully saturated rings. The van der Waals surface area contributed by atoms with Crippen LogP contribution in [0.3, 0.4) is 0 Å². The summed E-state index contributed by atoms with van der Waals surface area (Å²) in [7, 11) is 0. The minimum absolute atomic E-state index is 0.558. The second-order valence-corrected chi connectivity index (χ2v) is 3.96. The Labute approximate surface area is 90.6 Å². The first-order valence-electron chi connectivity index (χ1n) is 5.35. The Morgan fingerprint density at radius 2 is 2.40 bits per heavy atom. The summed E-state index contributed by atoms with van der Waals surface area (Å²) in [6.07, 6.45) is 7.12. The summed E-state index contributed by atoms with van der Waals surface area (Å²) < 4.78 is 0. The van der Waals surface area contributed by atoms with Gasteiger partial charge in [0.1, 0.15) is 0 Å². The van der Waals surface area contributed by atoms with Gasteiger partial charge in [-0.1, -0.05) is 11.6 Å². The van der Waals surface area contributed by atoms with Gasteiger partial charge in [-0.05, 0) is 19.4 Å². The lowest BCUT2D eigenvalue weighted by Gasteiger charge is -2.29. The molecule has 0 atom stereocenters. The van der Waals surface area contributed by atoms with Gasteiger partial charge in [-0.25, -0.2) is 0 Å². The molecule has 0 radical (unpaired) electrons. The van der Waals surface area contributed by atoms with E-state index >= 15 is 0 Å². The topological polar surface area (TPSA) is 42.2 Å². The minimum atomic E-state index is 0.558. The van der Waals surface area contributed by atoms with Crippen molar-refractivity contribution in [2.45, 2.75) is 19.9 Å². The first-order chi connectivity index (χ1) is 7.31. The van der Waals surface area contributed by atoms with Gasteiger partial charge in [-0.3, -0.25) is 4.98 Å². The monoisotopic (exact) mass is 203 g/mol. The van der Waals surface area contributed by atoms with Crippen molar-refractivity contribution in [2.75, 3.05) is 18.0 Å². The molecule has 0 saturated heterocycles. The highest BCUT2D eigenvalue weighted by Crippen LogP contribution is 2.22. The molecule has 0 aliphatic carbocycles. The molecular weight excluding hydrogens is 186 g/mol. The first-order valence-corrected chi connectivity index (χ1v) is 5.35. The van der Waals surface area contributed by atoms with Crippen molar-refractivity contribution in [3.8, 4) is 0 Å². The highest BCUT2D eigenvalue weighted by Gasteiger charge is 2.12. The molecule has 1 aromatic heterocycles. The Bertz CT molecular complexity index is 371. The van der Waals surface area contributed by atoms with E-state index in [9.17, 15) is 0 Å². The summed E-state index contributed by atoms with van der Waals surface area (Å²) in [5, 5.41) is 0. The number of pyridine rings is 1. The molecule has 15 heavy (non-hydrogen) atoms. The Kier molecular flexibility index (Phi) is 3.02. The molecular formula is C12H17N3. The van der Waals surface area contributed by atoms with Crippen LogP contribution in [0.1, 0.15) is 18.9 Å². The maximum absolute atomic E-state index is 5.70. The number of aromatic nitrogens is 1. The fourth-order valence-electron chi connectivity index (χ4n) is 1.88. The number of nitrogens with two attached hydrogens (primary N) is 1. The van der Waals surface area contributed by atoms with Gasteiger partial charge in [0.2, 0.25) is 0 Å². The Morgan fingerprint density at radius 1 is 1.53 bits per heavy atom. The Morgan fingerprint density at radius 3 is 3.07 bits per heavy atom. The van der Waals surface area contributed by atoms with Crippen LogP contribution < -0.4 is 10.6 Å². The maximum atomic E-state index is 5.70. The smallest absolute Gasteiger partial charge is 0.0445 e. The van der Waals surface area contributed by atoms with Crippen molar-refractivity contribution in [1.82, 2.24) is 4.98 Å². The number of nitrogens with zero attached hydrogens (tertiary/aromatic N) is 2. The highest BCUT2D eigenvalue weighted by molar-refractivity contribution is 5.53. The zero-order valence-corrected chi connectivity index (χ0v) is 9.11. The lowest BCUT2D eigenvalue weighted by atomic mass is 10.1. The van der Waals surface area contributed by atoms with Gasteiger partial charge < -0.3 is 10.6 Å². The number of rotatable bonds is 2. The molecule has 2 rings (SSSR count). The van der Waals surface area contributed by atoms with Crippen LogP contribution in [0.25, 0.3) is 0 Å². The fourth-order valence-corrected chi connectivity index (χ4v) is 1.88. The van der Waals surface area contributed by atoms with Crippen molar-refractivity contribution in [3.05, 3.63) is 35.7 Å². The normalized spacial score (nSPS) is 16.4. The SMILES string of the molecule is CC1=CCN(c2ccncc2CN)CC1. The number of hydrogen-bond donors (Lipinski definition) is 1. The predicted octanol–water partition coefficient (Wildman–Crippen LogP) is 1.70. The number of hydrogen-bond acceptors (Lipinski definition) is 3. The van der Waals surface area contributed by atoms with Gasteiger partial charge in [0.25, 0.3) is 0 Å². The molecule has 0 aromatic carbocycles. The lowest BCUT2D eigenvalue weighted by molar-refractivity contribution is 0.780. The predicted molar refractivity (Wildman–Crippen MR) is 62.7 cm³/mol. The van der Waals surface area contributed by atoms with E-state index < -0.39 is 0 Å². The molecule has 1 aliphatic heterocycles. The third-order valence-electron chi connectivity index (χ3n) is 2.87. The third-order valence-corrected chi connectivity index (χ3v) is 2.87. The molecule has 3 nitrogen and oxygen atoms in total. The van der Waals surface area contributed by atoms with Crippen molar-refractivity contribution in [1.29, 1.82) is 0 Å². The summed E-state index contributed by atoms with van der Waals surface area (Å²) in [5.74, 6) is 0. The van der Waals surface area contributed by atoms with Crippen LogP contribution >= 0.6 is 0 Å². The first kappa shape index (κ1) is 10.2. The van der Waals surface area contributed by atoms with Gasteiger partial charge in [0.15, 0.2) is 0 Å². The largest absolute Gasteiger partial charge is 0.367 e. The van der Waals surface area contributed by atoms with Gasteiger partial charge in [0.05, 0.1) is 0 Å². The van der Waals surface area contributed by atoms with Crippen molar-refractivity contribution >= 4 is 5.69 Å². The zero-order valence-electron chi connectivity index (χ0n) is 9.11. The summed E-state index contributed by atoms with van der Waals surface area (Å²) in [6.45, 7) is 4.82. The number of anilines is 1. The Balaban J connectivity index is 2.22. The third kappa shape index (κ3) is 2.18. The molecule has 0 unspecified atom stereocenters. The van der Waals surface area contributed by atoms with Crippen LogP contribution in [-0.4, -0.2) is 18.1 Å². The van der Waals surface area contributed by atoms with Crippen LogP contribution in [0, 0.1) is 0 Å². The minimum Gasteiger partial charge on any atom is -0.367 e. The van der Waals surface area contributed by atoms with Crippen molar-refractivity contribution in [2.24, 2.45) is 5.73 Å². The van der Waals surface area contributed by atoms with E-state index in [-0.39, 0.29) is 0 Å². The van der Waals surface area contributed by atoms with Crippen LogP contribution in [0.2, 0.25) is 0 Å². The standard InChI is InChI=1S/C12H17N3/c1-10-3-6-15(7-4-10)12-2-5-14-9-11(12)8-13/h2-3,5,9H,4,6-8,13H2,1H3. The zero-order chi connectivity index (χ0) is 10.7. The molecule has 0 spiro atoms. The van der Waals surface area contributed by atoms with Crippen molar-refractivity contribution in [3.63, 3.8) is 0 Å². The molecule has 1 aliphatic rings. The molecule has 0 saturated carbocycles. The van der Waals surface area contributed by atoms with E-state index in [0.29, 0.717) is 6.54 Å². The average molecular weight is 203 g/mol. The molecule has 2 N–H and O–H groups in total. The molecule has 1 aromatic rings. The molecule has 3 heteroatoms. The van der Waals surface area contributed by atoms with E-state index in [0.717, 1.165) is 25.1 Å². The van der Waals surface area contributed by atoms with Crippen molar-refractivity contribution < 1.29 is 0 Å². The molecule has 0 bridgehead atoms. The quantitative estimate of drug-likeness (QED) is 0.744. The van der Waals surface area contributed by atoms with Crippen LogP contribution in [0.5, 0.6) is 0 Å². The second-order valence-electron chi connectivity index (χ2n) is 3.96.